The third kappa shape index (κ3) is 12.3. The van der Waals surface area contributed by atoms with Crippen LogP contribution in [0.25, 0.3) is 0 Å². The van der Waals surface area contributed by atoms with E-state index >= 15 is 0 Å². The summed E-state index contributed by atoms with van der Waals surface area (Å²) < 4.78 is 10.5. The second kappa shape index (κ2) is 11.9. The second-order valence-electron chi connectivity index (χ2n) is 5.81. The zero-order valence-corrected chi connectivity index (χ0v) is 13.0. The van der Waals surface area contributed by atoms with Gasteiger partial charge >= 0.3 is 0 Å². The summed E-state index contributed by atoms with van der Waals surface area (Å²) >= 11 is 0. The van der Waals surface area contributed by atoms with Gasteiger partial charge in [-0.05, 0) is 37.6 Å². The average Bonchev–Trinajstić information content (AvgIpc) is 2.29. The monoisotopic (exact) mass is 259 g/mol. The summed E-state index contributed by atoms with van der Waals surface area (Å²) in [4.78, 5) is 0. The third-order valence-electron chi connectivity index (χ3n) is 2.95. The molecule has 0 fully saturated rings. The average molecular weight is 259 g/mol. The Hall–Kier alpha value is -0.120. The highest BCUT2D eigenvalue weighted by Gasteiger charge is 2.11. The minimum absolute atomic E-state index is 0.581. The number of rotatable bonds is 12. The fourth-order valence-electron chi connectivity index (χ4n) is 2.09. The molecule has 1 unspecified atom stereocenters. The van der Waals surface area contributed by atoms with E-state index in [4.69, 9.17) is 9.47 Å². The van der Waals surface area contributed by atoms with Crippen LogP contribution in [-0.2, 0) is 9.47 Å². The van der Waals surface area contributed by atoms with E-state index in [0.29, 0.717) is 12.6 Å². The van der Waals surface area contributed by atoms with Crippen LogP contribution < -0.4 is 5.32 Å². The molecule has 0 aliphatic heterocycles. The topological polar surface area (TPSA) is 30.5 Å². The summed E-state index contributed by atoms with van der Waals surface area (Å²) in [6, 6.07) is 0.581. The van der Waals surface area contributed by atoms with Gasteiger partial charge in [0.25, 0.3) is 0 Å². The first-order chi connectivity index (χ1) is 8.56. The largest absolute Gasteiger partial charge is 0.382 e. The van der Waals surface area contributed by atoms with Gasteiger partial charge in [0.15, 0.2) is 0 Å². The van der Waals surface area contributed by atoms with Gasteiger partial charge in [-0.2, -0.15) is 0 Å². The Morgan fingerprint density at radius 2 is 1.72 bits per heavy atom. The third-order valence-corrected chi connectivity index (χ3v) is 2.95. The van der Waals surface area contributed by atoms with E-state index < -0.39 is 0 Å². The summed E-state index contributed by atoms with van der Waals surface area (Å²) in [7, 11) is 1.71. The highest BCUT2D eigenvalue weighted by molar-refractivity contribution is 4.66. The van der Waals surface area contributed by atoms with E-state index in [2.05, 4.69) is 33.0 Å². The molecule has 1 atom stereocenters. The molecule has 0 saturated carbocycles. The second-order valence-corrected chi connectivity index (χ2v) is 5.81. The number of methoxy groups -OCH3 is 1. The highest BCUT2D eigenvalue weighted by Crippen LogP contribution is 2.16. The van der Waals surface area contributed by atoms with Crippen molar-refractivity contribution in [1.29, 1.82) is 0 Å². The Kier molecular flexibility index (Phi) is 11.9. The van der Waals surface area contributed by atoms with Gasteiger partial charge in [-0.3, -0.25) is 0 Å². The molecule has 0 rings (SSSR count). The van der Waals surface area contributed by atoms with Crippen LogP contribution in [0.3, 0.4) is 0 Å². The van der Waals surface area contributed by atoms with Crippen molar-refractivity contribution in [2.75, 3.05) is 33.5 Å². The molecule has 3 heteroatoms. The molecule has 0 aromatic rings. The first kappa shape index (κ1) is 17.9. The fourth-order valence-corrected chi connectivity index (χ4v) is 2.09. The van der Waals surface area contributed by atoms with Gasteiger partial charge in [-0.25, -0.2) is 0 Å². The van der Waals surface area contributed by atoms with Crippen LogP contribution in [-0.4, -0.2) is 39.5 Å². The van der Waals surface area contributed by atoms with Crippen LogP contribution in [0.1, 0.15) is 47.0 Å². The molecular weight excluding hydrogens is 226 g/mol. The van der Waals surface area contributed by atoms with Crippen LogP contribution in [0.15, 0.2) is 0 Å². The molecule has 0 amide bonds. The van der Waals surface area contributed by atoms with Crippen LogP contribution in [0.2, 0.25) is 0 Å². The Bertz CT molecular complexity index is 172. The molecule has 18 heavy (non-hydrogen) atoms. The zero-order chi connectivity index (χ0) is 13.8. The minimum Gasteiger partial charge on any atom is -0.382 e. The molecule has 0 aromatic heterocycles. The summed E-state index contributed by atoms with van der Waals surface area (Å²) in [5.41, 5.74) is 0. The maximum Gasteiger partial charge on any atom is 0.0700 e. The number of nitrogens with one attached hydrogen (secondary N) is 1. The molecular formula is C15H33NO2. The predicted molar refractivity (Wildman–Crippen MR) is 78.0 cm³/mol. The van der Waals surface area contributed by atoms with Gasteiger partial charge in [0.2, 0.25) is 0 Å². The van der Waals surface area contributed by atoms with Gasteiger partial charge in [0.1, 0.15) is 0 Å². The molecule has 0 saturated heterocycles. The van der Waals surface area contributed by atoms with E-state index in [1.807, 2.05) is 0 Å². The van der Waals surface area contributed by atoms with E-state index in [1.54, 1.807) is 7.11 Å². The van der Waals surface area contributed by atoms with Gasteiger partial charge in [-0.15, -0.1) is 0 Å². The predicted octanol–water partition coefficient (Wildman–Crippen LogP) is 3.09. The number of hydrogen-bond donors (Lipinski definition) is 1. The van der Waals surface area contributed by atoms with Crippen molar-refractivity contribution < 1.29 is 9.47 Å². The van der Waals surface area contributed by atoms with Crippen molar-refractivity contribution in [2.24, 2.45) is 11.8 Å². The molecule has 1 N–H and O–H groups in total. The van der Waals surface area contributed by atoms with Crippen LogP contribution >= 0.6 is 0 Å². The summed E-state index contributed by atoms with van der Waals surface area (Å²) in [6.07, 6.45) is 3.71. The molecule has 0 radical (unpaired) electrons. The minimum atomic E-state index is 0.581. The summed E-state index contributed by atoms with van der Waals surface area (Å²) in [5, 5.41) is 3.55. The van der Waals surface area contributed by atoms with Crippen molar-refractivity contribution in [3.05, 3.63) is 0 Å². The molecule has 0 aliphatic carbocycles. The van der Waals surface area contributed by atoms with Gasteiger partial charge < -0.3 is 14.8 Å². The lowest BCUT2D eigenvalue weighted by Crippen LogP contribution is -2.29. The number of hydrogen-bond acceptors (Lipinski definition) is 3. The quantitative estimate of drug-likeness (QED) is 0.546. The Balaban J connectivity index is 3.65. The Labute approximate surface area is 114 Å². The molecule has 0 aromatic carbocycles. The Morgan fingerprint density at radius 3 is 2.28 bits per heavy atom. The van der Waals surface area contributed by atoms with Crippen molar-refractivity contribution in [3.63, 3.8) is 0 Å². The highest BCUT2D eigenvalue weighted by atomic mass is 16.5. The van der Waals surface area contributed by atoms with E-state index in [-0.39, 0.29) is 0 Å². The molecule has 0 spiro atoms. The molecule has 110 valence electrons. The fraction of sp³-hybridized carbons (Fsp3) is 1.00. The lowest BCUT2D eigenvalue weighted by atomic mass is 9.93. The first-order valence-corrected chi connectivity index (χ1v) is 7.36. The molecule has 3 nitrogen and oxygen atoms in total. The summed E-state index contributed by atoms with van der Waals surface area (Å²) in [6.45, 7) is 12.4. The smallest absolute Gasteiger partial charge is 0.0700 e. The van der Waals surface area contributed by atoms with Crippen molar-refractivity contribution >= 4 is 0 Å². The number of ether oxygens (including phenoxy) is 2. The van der Waals surface area contributed by atoms with Crippen LogP contribution in [0, 0.1) is 11.8 Å². The van der Waals surface area contributed by atoms with E-state index in [1.165, 1.54) is 12.8 Å². The maximum absolute atomic E-state index is 5.51. The molecule has 0 heterocycles. The van der Waals surface area contributed by atoms with Crippen molar-refractivity contribution in [3.8, 4) is 0 Å². The van der Waals surface area contributed by atoms with Crippen molar-refractivity contribution in [1.82, 2.24) is 5.32 Å². The first-order valence-electron chi connectivity index (χ1n) is 7.36. The van der Waals surface area contributed by atoms with E-state index in [9.17, 15) is 0 Å². The van der Waals surface area contributed by atoms with Crippen molar-refractivity contribution in [2.45, 2.75) is 53.0 Å². The van der Waals surface area contributed by atoms with Gasteiger partial charge in [-0.1, -0.05) is 27.7 Å². The zero-order valence-electron chi connectivity index (χ0n) is 13.0. The normalized spacial score (nSPS) is 13.5. The van der Waals surface area contributed by atoms with Gasteiger partial charge in [0.05, 0.1) is 13.2 Å². The van der Waals surface area contributed by atoms with Crippen LogP contribution in [0.4, 0.5) is 0 Å². The van der Waals surface area contributed by atoms with Gasteiger partial charge in [0, 0.05) is 19.8 Å². The standard InChI is InChI=1S/C15H33NO2/c1-13(2)11-15(12-16-14(3)4)7-6-8-18-10-9-17-5/h13-16H,6-12H2,1-5H3. The Morgan fingerprint density at radius 1 is 1.00 bits per heavy atom. The SMILES string of the molecule is COCCOCCCC(CNC(C)C)CC(C)C. The molecule has 0 aliphatic rings. The maximum atomic E-state index is 5.51. The molecule has 0 bridgehead atoms. The van der Waals surface area contributed by atoms with Crippen LogP contribution in [0.5, 0.6) is 0 Å². The summed E-state index contributed by atoms with van der Waals surface area (Å²) in [5.74, 6) is 1.55. The lowest BCUT2D eigenvalue weighted by molar-refractivity contribution is 0.0668. The van der Waals surface area contributed by atoms with E-state index in [0.717, 1.165) is 38.0 Å². The lowest BCUT2D eigenvalue weighted by Gasteiger charge is -2.21.